The van der Waals surface area contributed by atoms with Crippen molar-refractivity contribution in [2.45, 2.75) is 37.4 Å². The molecule has 1 aliphatic heterocycles. The third kappa shape index (κ3) is 6.06. The average molecular weight is 564 g/mol. The lowest BCUT2D eigenvalue weighted by Gasteiger charge is -2.31. The van der Waals surface area contributed by atoms with Crippen LogP contribution in [-0.2, 0) is 36.3 Å². The number of ether oxygens (including phenoxy) is 2. The van der Waals surface area contributed by atoms with Gasteiger partial charge in [-0.05, 0) is 6.42 Å². The zero-order valence-electron chi connectivity index (χ0n) is 18.0. The summed E-state index contributed by atoms with van der Waals surface area (Å²) in [7, 11) is -15.5. The molecule has 1 fully saturated rings. The lowest BCUT2D eigenvalue weighted by atomic mass is 9.93. The highest BCUT2D eigenvalue weighted by Crippen LogP contribution is 2.66. The summed E-state index contributed by atoms with van der Waals surface area (Å²) in [5, 5.41) is 10.9. The molecule has 3 rings (SSSR count). The second-order valence-corrected chi connectivity index (χ2v) is 11.6. The van der Waals surface area contributed by atoms with E-state index >= 15 is 0 Å². The number of methoxy groups -OCH3 is 1. The second kappa shape index (κ2) is 9.72. The molecule has 22 heteroatoms. The molecule has 0 spiro atoms. The molecule has 6 atom stereocenters. The first-order valence-electron chi connectivity index (χ1n) is 9.45. The fourth-order valence-corrected chi connectivity index (χ4v) is 6.52. The number of aliphatic hydroxyl groups is 1. The minimum Gasteiger partial charge on any atom is -0.387 e. The number of aliphatic hydroxyl groups excluding tert-OH is 1. The molecule has 3 heterocycles. The van der Waals surface area contributed by atoms with Gasteiger partial charge >= 0.3 is 23.5 Å². The molecule has 2 aromatic heterocycles. The van der Waals surface area contributed by atoms with E-state index < -0.39 is 54.1 Å². The Balaban J connectivity index is 1.87. The minimum absolute atomic E-state index is 0.0202. The molecule has 0 amide bonds. The van der Waals surface area contributed by atoms with Crippen LogP contribution in [0.15, 0.2) is 6.33 Å². The van der Waals surface area contributed by atoms with Gasteiger partial charge in [0.15, 0.2) is 17.7 Å². The zero-order chi connectivity index (χ0) is 26.4. The number of imidazole rings is 1. The topological polar surface area (TPSA) is 294 Å². The van der Waals surface area contributed by atoms with Crippen molar-refractivity contribution < 1.29 is 61.0 Å². The molecule has 0 saturated carbocycles. The number of hydrogen-bond acceptors (Lipinski definition) is 14. The smallest absolute Gasteiger partial charge is 0.387 e. The standard InChI is InChI=1S/C13H23N6O13P3/c1-3-13(4-29-34(24,25)32-35(26,27)31-33(21,22)23)8(20)7(28-2)11(30-13)19-5-16-6-9(14)17-12(15)18-10(6)19/h5,7-8,11,20H,3-4H2,1-2H3,(H,24,25)(H,26,27)(H2,21,22,23)(H4,14,15,17,18). The van der Waals surface area contributed by atoms with Gasteiger partial charge < -0.3 is 45.6 Å². The van der Waals surface area contributed by atoms with Crippen LogP contribution < -0.4 is 11.5 Å². The van der Waals surface area contributed by atoms with E-state index in [0.717, 1.165) is 0 Å². The summed E-state index contributed by atoms with van der Waals surface area (Å²) in [6.07, 6.45) is -2.55. The van der Waals surface area contributed by atoms with E-state index in [-0.39, 0.29) is 29.4 Å². The van der Waals surface area contributed by atoms with Crippen molar-refractivity contribution in [2.75, 3.05) is 25.2 Å². The van der Waals surface area contributed by atoms with Crippen molar-refractivity contribution in [1.29, 1.82) is 0 Å². The number of nitrogen functional groups attached to an aromatic ring is 2. The van der Waals surface area contributed by atoms with Crippen molar-refractivity contribution in [3.05, 3.63) is 6.33 Å². The Morgan fingerprint density at radius 2 is 1.80 bits per heavy atom. The molecule has 6 unspecified atom stereocenters. The number of nitrogens with two attached hydrogens (primary N) is 2. The number of phosphoric acid groups is 3. The van der Waals surface area contributed by atoms with Crippen molar-refractivity contribution in [3.8, 4) is 0 Å². The van der Waals surface area contributed by atoms with Gasteiger partial charge in [0.1, 0.15) is 23.3 Å². The Bertz CT molecular complexity index is 1240. The van der Waals surface area contributed by atoms with E-state index in [9.17, 15) is 28.6 Å². The predicted molar refractivity (Wildman–Crippen MR) is 114 cm³/mol. The average Bonchev–Trinajstić information content (AvgIpc) is 3.22. The molecule has 1 aliphatic rings. The molecule has 0 radical (unpaired) electrons. The summed E-state index contributed by atoms with van der Waals surface area (Å²) in [4.78, 5) is 48.3. The van der Waals surface area contributed by atoms with Gasteiger partial charge in [-0.1, -0.05) is 6.92 Å². The lowest BCUT2D eigenvalue weighted by Crippen LogP contribution is -2.46. The normalized spacial score (nSPS) is 28.7. The molecule has 1 saturated heterocycles. The summed E-state index contributed by atoms with van der Waals surface area (Å²) in [6.45, 7) is 0.624. The van der Waals surface area contributed by atoms with Crippen LogP contribution in [-0.4, -0.2) is 75.7 Å². The molecular weight excluding hydrogens is 541 g/mol. The number of phosphoric ester groups is 1. The number of anilines is 2. The van der Waals surface area contributed by atoms with E-state index in [2.05, 4.69) is 23.6 Å². The molecule has 0 aromatic carbocycles. The monoisotopic (exact) mass is 564 g/mol. The summed E-state index contributed by atoms with van der Waals surface area (Å²) >= 11 is 0. The number of fused-ring (bicyclic) bond motifs is 1. The van der Waals surface area contributed by atoms with Crippen LogP contribution in [0.25, 0.3) is 11.2 Å². The number of rotatable bonds is 10. The first kappa shape index (κ1) is 28.0. The largest absolute Gasteiger partial charge is 0.490 e. The third-order valence-corrected chi connectivity index (χ3v) is 8.77. The Kier molecular flexibility index (Phi) is 7.78. The SMILES string of the molecule is CCC1(COP(=O)(O)OP(=O)(O)OP(=O)(O)O)OC(n2cnc3c(N)nc(N)nc32)C(OC)C1O. The van der Waals surface area contributed by atoms with E-state index in [1.54, 1.807) is 0 Å². The molecule has 198 valence electrons. The molecule has 0 aliphatic carbocycles. The predicted octanol–water partition coefficient (Wildman–Crippen LogP) is -0.613. The van der Waals surface area contributed by atoms with Crippen LogP contribution in [0.2, 0.25) is 0 Å². The van der Waals surface area contributed by atoms with Gasteiger partial charge in [-0.15, -0.1) is 0 Å². The van der Waals surface area contributed by atoms with Gasteiger partial charge in [0, 0.05) is 7.11 Å². The molecule has 9 N–H and O–H groups in total. The van der Waals surface area contributed by atoms with E-state index in [0.29, 0.717) is 0 Å². The molecule has 19 nitrogen and oxygen atoms in total. The maximum absolute atomic E-state index is 12.2. The fourth-order valence-electron chi connectivity index (χ4n) is 3.44. The number of nitrogens with zero attached hydrogens (tertiary/aromatic N) is 4. The minimum atomic E-state index is -5.73. The quantitative estimate of drug-likeness (QED) is 0.177. The van der Waals surface area contributed by atoms with Crippen LogP contribution in [0.4, 0.5) is 11.8 Å². The second-order valence-electron chi connectivity index (χ2n) is 7.23. The third-order valence-electron chi connectivity index (χ3n) is 4.99. The summed E-state index contributed by atoms with van der Waals surface area (Å²) < 4.78 is 59.2. The summed E-state index contributed by atoms with van der Waals surface area (Å²) in [5.41, 5.74) is 10.0. The van der Waals surface area contributed by atoms with Crippen LogP contribution in [0.1, 0.15) is 19.6 Å². The lowest BCUT2D eigenvalue weighted by molar-refractivity contribution is -0.127. The summed E-state index contributed by atoms with van der Waals surface area (Å²) in [5.74, 6) is -0.188. The number of aromatic nitrogens is 4. The van der Waals surface area contributed by atoms with Crippen LogP contribution in [0, 0.1) is 0 Å². The van der Waals surface area contributed by atoms with Gasteiger partial charge in [-0.25, -0.2) is 18.7 Å². The molecule has 2 aromatic rings. The highest BCUT2D eigenvalue weighted by molar-refractivity contribution is 7.66. The molecule has 0 bridgehead atoms. The maximum Gasteiger partial charge on any atom is 0.490 e. The van der Waals surface area contributed by atoms with E-state index in [1.165, 1.54) is 24.9 Å². The Morgan fingerprint density at radius 1 is 1.14 bits per heavy atom. The van der Waals surface area contributed by atoms with Gasteiger partial charge in [-0.3, -0.25) is 9.09 Å². The van der Waals surface area contributed by atoms with Crippen molar-refractivity contribution in [2.24, 2.45) is 0 Å². The fraction of sp³-hybridized carbons (Fsp3) is 0.615. The van der Waals surface area contributed by atoms with Gasteiger partial charge in [0.2, 0.25) is 5.95 Å². The number of hydrogen-bond donors (Lipinski definition) is 7. The molecular formula is C13H23N6O13P3. The van der Waals surface area contributed by atoms with E-state index in [1.807, 2.05) is 0 Å². The maximum atomic E-state index is 12.2. The Labute approximate surface area is 196 Å². The van der Waals surface area contributed by atoms with Crippen LogP contribution >= 0.6 is 23.5 Å². The van der Waals surface area contributed by atoms with Gasteiger partial charge in [0.05, 0.1) is 12.9 Å². The van der Waals surface area contributed by atoms with Gasteiger partial charge in [0.25, 0.3) is 0 Å². The highest BCUT2D eigenvalue weighted by atomic mass is 31.3. The first-order chi connectivity index (χ1) is 16.0. The van der Waals surface area contributed by atoms with Gasteiger partial charge in [-0.2, -0.15) is 18.6 Å². The Morgan fingerprint density at radius 3 is 2.37 bits per heavy atom. The van der Waals surface area contributed by atoms with Crippen LogP contribution in [0.3, 0.4) is 0 Å². The van der Waals surface area contributed by atoms with Crippen molar-refractivity contribution in [3.63, 3.8) is 0 Å². The van der Waals surface area contributed by atoms with Crippen LogP contribution in [0.5, 0.6) is 0 Å². The van der Waals surface area contributed by atoms with Crippen molar-refractivity contribution >= 4 is 46.4 Å². The Hall–Kier alpha value is -1.56. The van der Waals surface area contributed by atoms with E-state index in [4.69, 9.17) is 35.3 Å². The van der Waals surface area contributed by atoms with Crippen molar-refractivity contribution in [1.82, 2.24) is 19.5 Å². The zero-order valence-corrected chi connectivity index (χ0v) is 20.7. The highest BCUT2D eigenvalue weighted by Gasteiger charge is 2.56. The summed E-state index contributed by atoms with van der Waals surface area (Å²) in [6, 6.07) is 0. The first-order valence-corrected chi connectivity index (χ1v) is 14.0. The molecule has 35 heavy (non-hydrogen) atoms.